The fourth-order valence-corrected chi connectivity index (χ4v) is 3.71. The molecule has 7 nitrogen and oxygen atoms in total. The Morgan fingerprint density at radius 3 is 2.37 bits per heavy atom. The maximum absolute atomic E-state index is 12.5. The molecule has 0 aromatic heterocycles. The minimum atomic E-state index is -1.05. The van der Waals surface area contributed by atoms with E-state index in [0.717, 1.165) is 22.2 Å². The molecule has 0 radical (unpaired) electrons. The third-order valence-electron chi connectivity index (χ3n) is 4.24. The zero-order chi connectivity index (χ0) is 21.7. The Morgan fingerprint density at radius 1 is 1.07 bits per heavy atom. The summed E-state index contributed by atoms with van der Waals surface area (Å²) in [5.41, 5.74) is 1.36. The van der Waals surface area contributed by atoms with Crippen molar-refractivity contribution in [1.82, 2.24) is 4.90 Å². The number of benzene rings is 2. The van der Waals surface area contributed by atoms with E-state index in [-0.39, 0.29) is 35.6 Å². The van der Waals surface area contributed by atoms with Crippen LogP contribution in [0, 0.1) is 0 Å². The molecule has 2 aromatic carbocycles. The highest BCUT2D eigenvalue weighted by molar-refractivity contribution is 8.18. The van der Waals surface area contributed by atoms with Crippen LogP contribution in [0.5, 0.6) is 0 Å². The van der Waals surface area contributed by atoms with Crippen molar-refractivity contribution in [3.63, 3.8) is 0 Å². The third kappa shape index (κ3) is 5.49. The number of halogens is 1. The molecule has 0 bridgehead atoms. The number of rotatable bonds is 7. The topological polar surface area (TPSA) is 104 Å². The van der Waals surface area contributed by atoms with Crippen LogP contribution in [0.3, 0.4) is 0 Å². The number of carboxylic acid groups (broad SMARTS) is 1. The van der Waals surface area contributed by atoms with E-state index in [0.29, 0.717) is 22.0 Å². The monoisotopic (exact) mass is 444 g/mol. The number of carbonyl (C=O) groups excluding carboxylic acids is 3. The number of hydrogen-bond acceptors (Lipinski definition) is 5. The van der Waals surface area contributed by atoms with E-state index >= 15 is 0 Å². The summed E-state index contributed by atoms with van der Waals surface area (Å²) in [4.78, 5) is 49.0. The number of amides is 3. The summed E-state index contributed by atoms with van der Waals surface area (Å²) in [5, 5.41) is 11.7. The number of thioether (sulfide) groups is 1. The summed E-state index contributed by atoms with van der Waals surface area (Å²) in [6, 6.07) is 12.7. The van der Waals surface area contributed by atoms with Crippen molar-refractivity contribution < 1.29 is 24.3 Å². The van der Waals surface area contributed by atoms with E-state index in [4.69, 9.17) is 16.7 Å². The molecule has 0 spiro atoms. The van der Waals surface area contributed by atoms with Crippen LogP contribution >= 0.6 is 23.4 Å². The number of nitrogens with one attached hydrogen (secondary N) is 1. The molecule has 0 saturated carbocycles. The van der Waals surface area contributed by atoms with Gasteiger partial charge < -0.3 is 10.4 Å². The van der Waals surface area contributed by atoms with Crippen molar-refractivity contribution in [2.24, 2.45) is 0 Å². The van der Waals surface area contributed by atoms with Gasteiger partial charge in [-0.1, -0.05) is 23.7 Å². The van der Waals surface area contributed by atoms with Gasteiger partial charge in [-0.05, 0) is 66.2 Å². The quantitative estimate of drug-likeness (QED) is 0.609. The highest BCUT2D eigenvalue weighted by atomic mass is 35.5. The van der Waals surface area contributed by atoms with E-state index < -0.39 is 5.97 Å². The second-order valence-corrected chi connectivity index (χ2v) is 7.85. The highest BCUT2D eigenvalue weighted by Crippen LogP contribution is 2.32. The van der Waals surface area contributed by atoms with Gasteiger partial charge in [0.2, 0.25) is 5.91 Å². The number of carbonyl (C=O) groups is 4. The molecular weight excluding hydrogens is 428 g/mol. The van der Waals surface area contributed by atoms with Crippen molar-refractivity contribution in [3.8, 4) is 0 Å². The lowest BCUT2D eigenvalue weighted by Gasteiger charge is -2.12. The third-order valence-corrected chi connectivity index (χ3v) is 5.40. The predicted molar refractivity (Wildman–Crippen MR) is 115 cm³/mol. The molecule has 3 amide bonds. The maximum atomic E-state index is 12.5. The smallest absolute Gasteiger partial charge is 0.335 e. The first-order valence-electron chi connectivity index (χ1n) is 8.97. The lowest BCUT2D eigenvalue weighted by atomic mass is 10.2. The Balaban J connectivity index is 1.51. The molecule has 154 valence electrons. The number of aromatic carboxylic acids is 1. The Morgan fingerprint density at radius 2 is 1.73 bits per heavy atom. The van der Waals surface area contributed by atoms with Crippen LogP contribution in [-0.4, -0.2) is 39.6 Å². The summed E-state index contributed by atoms with van der Waals surface area (Å²) >= 11 is 6.71. The fourth-order valence-electron chi connectivity index (χ4n) is 2.72. The molecule has 0 unspecified atom stereocenters. The van der Waals surface area contributed by atoms with Crippen LogP contribution < -0.4 is 5.32 Å². The fraction of sp³-hybridized carbons (Fsp3) is 0.143. The van der Waals surface area contributed by atoms with Crippen LogP contribution in [0.15, 0.2) is 53.4 Å². The standard InChI is InChI=1S/C21H17ClN2O5S/c22-15-7-3-13(4-8-15)12-17-19(26)24(21(29)30-17)11-1-2-18(25)23-16-9-5-14(6-10-16)20(27)28/h3-10,12H,1-2,11H2,(H,23,25)(H,27,28). The van der Waals surface area contributed by atoms with Crippen LogP contribution in [0.4, 0.5) is 10.5 Å². The average molecular weight is 445 g/mol. The number of nitrogens with zero attached hydrogens (tertiary/aromatic N) is 1. The Hall–Kier alpha value is -3.10. The molecule has 30 heavy (non-hydrogen) atoms. The van der Waals surface area contributed by atoms with Crippen LogP contribution in [0.2, 0.25) is 5.02 Å². The average Bonchev–Trinajstić information content (AvgIpc) is 2.97. The van der Waals surface area contributed by atoms with Gasteiger partial charge in [-0.15, -0.1) is 0 Å². The molecule has 1 aliphatic heterocycles. The summed E-state index contributed by atoms with van der Waals surface area (Å²) in [6.45, 7) is 0.133. The second-order valence-electron chi connectivity index (χ2n) is 6.42. The van der Waals surface area contributed by atoms with Crippen molar-refractivity contribution in [3.05, 3.63) is 69.6 Å². The molecular formula is C21H17ClN2O5S. The molecule has 3 rings (SSSR count). The number of carboxylic acids is 1. The molecule has 1 fully saturated rings. The van der Waals surface area contributed by atoms with Crippen LogP contribution in [0.25, 0.3) is 6.08 Å². The summed E-state index contributed by atoms with van der Waals surface area (Å²) < 4.78 is 0. The summed E-state index contributed by atoms with van der Waals surface area (Å²) in [5.74, 6) is -1.72. The molecule has 2 N–H and O–H groups in total. The van der Waals surface area contributed by atoms with Gasteiger partial charge in [0.1, 0.15) is 0 Å². The maximum Gasteiger partial charge on any atom is 0.335 e. The lowest BCUT2D eigenvalue weighted by Crippen LogP contribution is -2.29. The van der Waals surface area contributed by atoms with Gasteiger partial charge in [0, 0.05) is 23.7 Å². The van der Waals surface area contributed by atoms with Crippen molar-refractivity contribution in [2.45, 2.75) is 12.8 Å². The van der Waals surface area contributed by atoms with Crippen LogP contribution in [-0.2, 0) is 9.59 Å². The number of anilines is 1. The summed E-state index contributed by atoms with van der Waals surface area (Å²) in [6.07, 6.45) is 2.05. The van der Waals surface area contributed by atoms with Gasteiger partial charge in [-0.25, -0.2) is 4.79 Å². The first-order chi connectivity index (χ1) is 14.3. The normalized spacial score (nSPS) is 15.0. The largest absolute Gasteiger partial charge is 0.478 e. The van der Waals surface area contributed by atoms with Crippen molar-refractivity contribution in [1.29, 1.82) is 0 Å². The van der Waals surface area contributed by atoms with Gasteiger partial charge in [0.25, 0.3) is 11.1 Å². The zero-order valence-corrected chi connectivity index (χ0v) is 17.2. The number of imide groups is 1. The molecule has 9 heteroatoms. The molecule has 0 aliphatic carbocycles. The van der Waals surface area contributed by atoms with E-state index in [1.54, 1.807) is 30.3 Å². The van der Waals surface area contributed by atoms with Gasteiger partial charge in [-0.2, -0.15) is 0 Å². The molecule has 1 aliphatic rings. The van der Waals surface area contributed by atoms with E-state index in [1.165, 1.54) is 24.3 Å². The molecule has 1 saturated heterocycles. The number of hydrogen-bond donors (Lipinski definition) is 2. The van der Waals surface area contributed by atoms with Crippen molar-refractivity contribution >= 4 is 58.1 Å². The minimum Gasteiger partial charge on any atom is -0.478 e. The SMILES string of the molecule is O=C(CCCN1C(=O)SC(=Cc2ccc(Cl)cc2)C1=O)Nc1ccc(C(=O)O)cc1. The molecule has 0 atom stereocenters. The lowest BCUT2D eigenvalue weighted by molar-refractivity contribution is -0.123. The first kappa shape index (κ1) is 21.6. The highest BCUT2D eigenvalue weighted by Gasteiger charge is 2.34. The Bertz CT molecular complexity index is 1020. The zero-order valence-electron chi connectivity index (χ0n) is 15.6. The van der Waals surface area contributed by atoms with Crippen molar-refractivity contribution in [2.75, 3.05) is 11.9 Å². The van der Waals surface area contributed by atoms with Gasteiger partial charge >= 0.3 is 5.97 Å². The predicted octanol–water partition coefficient (Wildman–Crippen LogP) is 4.49. The van der Waals surface area contributed by atoms with Gasteiger partial charge in [0.05, 0.1) is 10.5 Å². The summed E-state index contributed by atoms with van der Waals surface area (Å²) in [7, 11) is 0. The van der Waals surface area contributed by atoms with E-state index in [9.17, 15) is 19.2 Å². The minimum absolute atomic E-state index is 0.110. The van der Waals surface area contributed by atoms with E-state index in [1.807, 2.05) is 0 Å². The molecule has 2 aromatic rings. The van der Waals surface area contributed by atoms with Crippen LogP contribution in [0.1, 0.15) is 28.8 Å². The first-order valence-corrected chi connectivity index (χ1v) is 10.2. The second kappa shape index (κ2) is 9.60. The van der Waals surface area contributed by atoms with Gasteiger partial charge in [-0.3, -0.25) is 19.3 Å². The molecule has 1 heterocycles. The Kier molecular flexibility index (Phi) is 6.91. The Labute approximate surface area is 181 Å². The van der Waals surface area contributed by atoms with E-state index in [2.05, 4.69) is 5.32 Å². The van der Waals surface area contributed by atoms with Gasteiger partial charge in [0.15, 0.2) is 0 Å².